The smallest absolute Gasteiger partial charge is 0.288 e. The second-order valence-electron chi connectivity index (χ2n) is 5.59. The fraction of sp³-hybridized carbons (Fsp3) is 0.176. The van der Waals surface area contributed by atoms with Crippen molar-refractivity contribution in [3.8, 4) is 5.75 Å². The summed E-state index contributed by atoms with van der Waals surface area (Å²) in [5, 5.41) is 16.3. The van der Waals surface area contributed by atoms with Crippen molar-refractivity contribution in [3.63, 3.8) is 0 Å². The number of nitrogens with one attached hydrogen (secondary N) is 2. The first kappa shape index (κ1) is 21.1. The molecule has 0 spiro atoms. The molecule has 2 N–H and O–H groups in total. The normalized spacial score (nSPS) is 10.3. The number of nitro groups is 1. The summed E-state index contributed by atoms with van der Waals surface area (Å²) < 4.78 is 6.02. The number of benzene rings is 2. The highest BCUT2D eigenvalue weighted by atomic mass is 79.9. The standard InChI is InChI=1S/C17H15BrClN3O4S/c1-8-5-14(22(24)25)12(19)7-13(8)20-17(27)21-16(23)11-6-10(18)4-9(2)15(11)26-3/h4-7H,1-3H3,(H2,20,21,23,27). The number of anilines is 1. The molecule has 2 aromatic rings. The highest BCUT2D eigenvalue weighted by molar-refractivity contribution is 9.10. The summed E-state index contributed by atoms with van der Waals surface area (Å²) in [6.45, 7) is 3.48. The average molecular weight is 473 g/mol. The second kappa shape index (κ2) is 8.64. The van der Waals surface area contributed by atoms with Crippen LogP contribution in [0.25, 0.3) is 0 Å². The van der Waals surface area contributed by atoms with Gasteiger partial charge in [0.2, 0.25) is 0 Å². The molecule has 0 aliphatic heterocycles. The number of carbonyl (C=O) groups is 1. The molecule has 0 aliphatic rings. The molecule has 0 saturated heterocycles. The van der Waals surface area contributed by atoms with Crippen LogP contribution in [0.15, 0.2) is 28.7 Å². The Kier molecular flexibility index (Phi) is 6.74. The van der Waals surface area contributed by atoms with Gasteiger partial charge in [-0.15, -0.1) is 0 Å². The summed E-state index contributed by atoms with van der Waals surface area (Å²) in [4.78, 5) is 22.9. The largest absolute Gasteiger partial charge is 0.496 e. The van der Waals surface area contributed by atoms with Crippen LogP contribution in [0.5, 0.6) is 5.75 Å². The summed E-state index contributed by atoms with van der Waals surface area (Å²) in [5.41, 5.74) is 1.90. The Bertz CT molecular complexity index is 952. The van der Waals surface area contributed by atoms with Crippen LogP contribution in [0.2, 0.25) is 5.02 Å². The van der Waals surface area contributed by atoms with Crippen LogP contribution in [-0.2, 0) is 0 Å². The van der Waals surface area contributed by atoms with Crippen LogP contribution in [0.4, 0.5) is 11.4 Å². The lowest BCUT2D eigenvalue weighted by atomic mass is 10.1. The van der Waals surface area contributed by atoms with E-state index in [-0.39, 0.29) is 15.8 Å². The van der Waals surface area contributed by atoms with E-state index in [1.165, 1.54) is 19.2 Å². The summed E-state index contributed by atoms with van der Waals surface area (Å²) in [6.07, 6.45) is 0. The van der Waals surface area contributed by atoms with E-state index in [9.17, 15) is 14.9 Å². The zero-order chi connectivity index (χ0) is 20.3. The minimum Gasteiger partial charge on any atom is -0.496 e. The van der Waals surface area contributed by atoms with E-state index in [2.05, 4.69) is 26.6 Å². The lowest BCUT2D eigenvalue weighted by Crippen LogP contribution is -2.34. The minimum absolute atomic E-state index is 0.0210. The Morgan fingerprint density at radius 3 is 2.52 bits per heavy atom. The molecule has 0 bridgehead atoms. The average Bonchev–Trinajstić information content (AvgIpc) is 2.56. The summed E-state index contributed by atoms with van der Waals surface area (Å²) in [7, 11) is 1.48. The maximum Gasteiger partial charge on any atom is 0.288 e. The van der Waals surface area contributed by atoms with Gasteiger partial charge < -0.3 is 10.1 Å². The van der Waals surface area contributed by atoms with Crippen LogP contribution in [0, 0.1) is 24.0 Å². The zero-order valence-corrected chi connectivity index (χ0v) is 17.7. The molecule has 0 aliphatic carbocycles. The van der Waals surface area contributed by atoms with Crippen molar-refractivity contribution in [2.45, 2.75) is 13.8 Å². The topological polar surface area (TPSA) is 93.5 Å². The van der Waals surface area contributed by atoms with Crippen molar-refractivity contribution >= 4 is 62.1 Å². The van der Waals surface area contributed by atoms with Gasteiger partial charge >= 0.3 is 0 Å². The molecule has 0 saturated carbocycles. The fourth-order valence-electron chi connectivity index (χ4n) is 2.43. The molecule has 142 valence electrons. The SMILES string of the molecule is COc1c(C)cc(Br)cc1C(=O)NC(=S)Nc1cc(Cl)c([N+](=O)[O-])cc1C. The number of carbonyl (C=O) groups excluding carboxylic acids is 1. The molecule has 0 atom stereocenters. The first-order chi connectivity index (χ1) is 12.6. The number of thiocarbonyl (C=S) groups is 1. The first-order valence-corrected chi connectivity index (χ1v) is 9.13. The number of rotatable bonds is 4. The summed E-state index contributed by atoms with van der Waals surface area (Å²) in [5.74, 6) is -0.0209. The molecule has 0 radical (unpaired) electrons. The van der Waals surface area contributed by atoms with E-state index in [1.54, 1.807) is 13.0 Å². The summed E-state index contributed by atoms with van der Waals surface area (Å²) >= 11 is 14.4. The minimum atomic E-state index is -0.568. The van der Waals surface area contributed by atoms with Crippen molar-refractivity contribution < 1.29 is 14.5 Å². The van der Waals surface area contributed by atoms with Crippen LogP contribution in [0.1, 0.15) is 21.5 Å². The van der Waals surface area contributed by atoms with E-state index < -0.39 is 10.8 Å². The molecule has 27 heavy (non-hydrogen) atoms. The predicted octanol–water partition coefficient (Wildman–Crippen LogP) is 4.76. The maximum absolute atomic E-state index is 12.6. The van der Waals surface area contributed by atoms with Crippen LogP contribution in [0.3, 0.4) is 0 Å². The molecule has 0 heterocycles. The molecule has 10 heteroatoms. The van der Waals surface area contributed by atoms with Gasteiger partial charge in [0.25, 0.3) is 11.6 Å². The molecule has 2 aromatic carbocycles. The van der Waals surface area contributed by atoms with E-state index in [0.717, 1.165) is 10.0 Å². The van der Waals surface area contributed by atoms with E-state index >= 15 is 0 Å². The van der Waals surface area contributed by atoms with Crippen molar-refractivity contribution in [2.75, 3.05) is 12.4 Å². The lowest BCUT2D eigenvalue weighted by Gasteiger charge is -2.15. The Balaban J connectivity index is 2.21. The third kappa shape index (κ3) is 4.94. The van der Waals surface area contributed by atoms with E-state index in [4.69, 9.17) is 28.6 Å². The highest BCUT2D eigenvalue weighted by Gasteiger charge is 2.18. The number of halogens is 2. The molecule has 0 unspecified atom stereocenters. The number of amides is 1. The van der Waals surface area contributed by atoms with Crippen molar-refractivity contribution in [1.29, 1.82) is 0 Å². The predicted molar refractivity (Wildman–Crippen MR) is 112 cm³/mol. The first-order valence-electron chi connectivity index (χ1n) is 7.55. The van der Waals surface area contributed by atoms with Crippen molar-refractivity contribution in [3.05, 3.63) is 60.6 Å². The highest BCUT2D eigenvalue weighted by Crippen LogP contribution is 2.31. The Hall–Kier alpha value is -2.23. The Morgan fingerprint density at radius 1 is 1.26 bits per heavy atom. The van der Waals surface area contributed by atoms with Gasteiger partial charge in [-0.25, -0.2) is 0 Å². The lowest BCUT2D eigenvalue weighted by molar-refractivity contribution is -0.384. The number of methoxy groups -OCH3 is 1. The number of nitro benzene ring substituents is 1. The van der Waals surface area contributed by atoms with Gasteiger partial charge in [-0.05, 0) is 55.4 Å². The Morgan fingerprint density at radius 2 is 1.93 bits per heavy atom. The molecular weight excluding hydrogens is 458 g/mol. The van der Waals surface area contributed by atoms with E-state index in [0.29, 0.717) is 22.6 Å². The van der Waals surface area contributed by atoms with Crippen molar-refractivity contribution in [2.24, 2.45) is 0 Å². The number of hydrogen-bond acceptors (Lipinski definition) is 5. The number of hydrogen-bond donors (Lipinski definition) is 2. The monoisotopic (exact) mass is 471 g/mol. The van der Waals surface area contributed by atoms with Crippen molar-refractivity contribution in [1.82, 2.24) is 5.32 Å². The van der Waals surface area contributed by atoms with E-state index in [1.807, 2.05) is 13.0 Å². The van der Waals surface area contributed by atoms with Gasteiger partial charge in [-0.3, -0.25) is 20.2 Å². The van der Waals surface area contributed by atoms with Gasteiger partial charge in [0.15, 0.2) is 5.11 Å². The number of nitrogens with zero attached hydrogens (tertiary/aromatic N) is 1. The molecule has 0 aromatic heterocycles. The molecule has 7 nitrogen and oxygen atoms in total. The molecule has 1 amide bonds. The third-order valence-electron chi connectivity index (χ3n) is 3.65. The zero-order valence-electron chi connectivity index (χ0n) is 14.6. The summed E-state index contributed by atoms with van der Waals surface area (Å²) in [6, 6.07) is 6.17. The fourth-order valence-corrected chi connectivity index (χ4v) is 3.44. The van der Waals surface area contributed by atoms with Gasteiger partial charge in [-0.2, -0.15) is 0 Å². The molecule has 2 rings (SSSR count). The Labute approximate surface area is 174 Å². The van der Waals surface area contributed by atoms with Crippen LogP contribution < -0.4 is 15.4 Å². The quantitative estimate of drug-likeness (QED) is 0.378. The number of ether oxygens (including phenoxy) is 1. The second-order valence-corrected chi connectivity index (χ2v) is 7.32. The molecular formula is C17H15BrClN3O4S. The van der Waals surface area contributed by atoms with Gasteiger partial charge in [0, 0.05) is 16.2 Å². The maximum atomic E-state index is 12.6. The third-order valence-corrected chi connectivity index (χ3v) is 4.62. The van der Waals surface area contributed by atoms with Gasteiger partial charge in [-0.1, -0.05) is 27.5 Å². The van der Waals surface area contributed by atoms with Crippen LogP contribution >= 0.6 is 39.7 Å². The van der Waals surface area contributed by atoms with Crippen LogP contribution in [-0.4, -0.2) is 23.1 Å². The van der Waals surface area contributed by atoms with Gasteiger partial charge in [0.1, 0.15) is 10.8 Å². The molecule has 0 fully saturated rings. The number of aryl methyl sites for hydroxylation is 2. The van der Waals surface area contributed by atoms with Gasteiger partial charge in [0.05, 0.1) is 17.6 Å².